The molecule has 0 saturated carbocycles. The molecule has 6 rings (SSSR count). The van der Waals surface area contributed by atoms with Crippen LogP contribution in [0.2, 0.25) is 0 Å². The van der Waals surface area contributed by atoms with Crippen LogP contribution in [0.3, 0.4) is 0 Å². The number of hydrogen-bond acceptors (Lipinski definition) is 6. The number of fused-ring (bicyclic) bond motifs is 1. The molecule has 180 valence electrons. The highest BCUT2D eigenvalue weighted by atomic mass is 16.5. The molecule has 2 N–H and O–H groups in total. The molecule has 5 aromatic rings. The summed E-state index contributed by atoms with van der Waals surface area (Å²) < 4.78 is 7.39. The van der Waals surface area contributed by atoms with Crippen LogP contribution in [0.1, 0.15) is 17.3 Å². The van der Waals surface area contributed by atoms with Crippen molar-refractivity contribution in [3.63, 3.8) is 0 Å². The first-order valence-corrected chi connectivity index (χ1v) is 11.9. The predicted molar refractivity (Wildman–Crippen MR) is 138 cm³/mol. The Kier molecular flexibility index (Phi) is 5.67. The van der Waals surface area contributed by atoms with Gasteiger partial charge < -0.3 is 15.0 Å². The molecule has 0 bridgehead atoms. The number of ether oxygens (including phenoxy) is 1. The van der Waals surface area contributed by atoms with Gasteiger partial charge in [-0.3, -0.25) is 9.89 Å². The van der Waals surface area contributed by atoms with Crippen molar-refractivity contribution in [1.29, 1.82) is 0 Å². The van der Waals surface area contributed by atoms with Crippen LogP contribution in [0.5, 0.6) is 0 Å². The van der Waals surface area contributed by atoms with Crippen molar-refractivity contribution in [3.8, 4) is 16.9 Å². The van der Waals surface area contributed by atoms with E-state index < -0.39 is 0 Å². The van der Waals surface area contributed by atoms with Crippen LogP contribution in [0, 0.1) is 0 Å². The topological polar surface area (TPSA) is 101 Å². The Morgan fingerprint density at radius 1 is 1.08 bits per heavy atom. The summed E-state index contributed by atoms with van der Waals surface area (Å²) in [5, 5.41) is 15.6. The molecule has 1 fully saturated rings. The molecule has 0 spiro atoms. The fourth-order valence-electron chi connectivity index (χ4n) is 4.50. The summed E-state index contributed by atoms with van der Waals surface area (Å²) in [4.78, 5) is 19.8. The molecule has 0 unspecified atom stereocenters. The minimum absolute atomic E-state index is 0.140. The second-order valence-electron chi connectivity index (χ2n) is 8.77. The van der Waals surface area contributed by atoms with Gasteiger partial charge >= 0.3 is 0 Å². The lowest BCUT2D eigenvalue weighted by Crippen LogP contribution is -2.44. The standard InChI is InChI=1S/C27H25N7O2/c1-18-17-36-14-13-33(18)25-15-22(23-16-29-34(26(23)31-25)24-11-12-28-32-24)19-7-9-21(10-8-19)30-27(35)20-5-3-2-4-6-20/h2-12,15-16,18H,13-14,17H2,1H3,(H,28,32)(H,30,35)/t18-/m1/s1. The molecule has 9 heteroatoms. The number of carbonyl (C=O) groups is 1. The number of amides is 1. The average molecular weight is 480 g/mol. The predicted octanol–water partition coefficient (Wildman–Crippen LogP) is 4.29. The lowest BCUT2D eigenvalue weighted by molar-refractivity contribution is 0.0985. The monoisotopic (exact) mass is 479 g/mol. The first kappa shape index (κ1) is 22.0. The van der Waals surface area contributed by atoms with Crippen molar-refractivity contribution in [3.05, 3.63) is 84.7 Å². The molecule has 1 aliphatic rings. The number of nitrogens with one attached hydrogen (secondary N) is 2. The number of aromatic nitrogens is 5. The Bertz CT molecular complexity index is 1490. The highest BCUT2D eigenvalue weighted by Gasteiger charge is 2.23. The number of morpholine rings is 1. The van der Waals surface area contributed by atoms with Crippen LogP contribution >= 0.6 is 0 Å². The van der Waals surface area contributed by atoms with Gasteiger partial charge in [0.25, 0.3) is 5.91 Å². The Balaban J connectivity index is 1.39. The van der Waals surface area contributed by atoms with Crippen LogP contribution < -0.4 is 10.2 Å². The summed E-state index contributed by atoms with van der Waals surface area (Å²) >= 11 is 0. The number of nitrogens with zero attached hydrogens (tertiary/aromatic N) is 5. The Morgan fingerprint density at radius 2 is 1.92 bits per heavy atom. The summed E-state index contributed by atoms with van der Waals surface area (Å²) in [6, 6.07) is 21.2. The van der Waals surface area contributed by atoms with Crippen molar-refractivity contribution in [2.24, 2.45) is 0 Å². The minimum Gasteiger partial charge on any atom is -0.377 e. The number of benzene rings is 2. The van der Waals surface area contributed by atoms with E-state index in [1.807, 2.05) is 54.7 Å². The van der Waals surface area contributed by atoms with Gasteiger partial charge in [-0.15, -0.1) is 0 Å². The van der Waals surface area contributed by atoms with Gasteiger partial charge in [0.2, 0.25) is 0 Å². The quantitative estimate of drug-likeness (QED) is 0.390. The molecule has 2 aromatic carbocycles. The van der Waals surface area contributed by atoms with Gasteiger partial charge in [0, 0.05) is 35.4 Å². The minimum atomic E-state index is -0.140. The van der Waals surface area contributed by atoms with Crippen molar-refractivity contribution in [1.82, 2.24) is 25.0 Å². The van der Waals surface area contributed by atoms with Gasteiger partial charge in [-0.05, 0) is 48.4 Å². The first-order chi connectivity index (χ1) is 17.7. The van der Waals surface area contributed by atoms with Gasteiger partial charge in [-0.2, -0.15) is 14.9 Å². The maximum Gasteiger partial charge on any atom is 0.255 e. The summed E-state index contributed by atoms with van der Waals surface area (Å²) in [6.45, 7) is 4.22. The van der Waals surface area contributed by atoms with E-state index in [0.29, 0.717) is 24.6 Å². The second kappa shape index (κ2) is 9.27. The van der Waals surface area contributed by atoms with Gasteiger partial charge in [-0.1, -0.05) is 30.3 Å². The van der Waals surface area contributed by atoms with Crippen LogP contribution in [-0.2, 0) is 4.74 Å². The largest absolute Gasteiger partial charge is 0.377 e. The maximum absolute atomic E-state index is 12.6. The fourth-order valence-corrected chi connectivity index (χ4v) is 4.50. The third-order valence-corrected chi connectivity index (χ3v) is 6.38. The smallest absolute Gasteiger partial charge is 0.255 e. The Morgan fingerprint density at radius 3 is 2.67 bits per heavy atom. The third-order valence-electron chi connectivity index (χ3n) is 6.38. The molecule has 1 amide bonds. The summed E-state index contributed by atoms with van der Waals surface area (Å²) in [7, 11) is 0. The number of anilines is 2. The lowest BCUT2D eigenvalue weighted by atomic mass is 10.0. The molecule has 0 aliphatic carbocycles. The molecule has 9 nitrogen and oxygen atoms in total. The van der Waals surface area contributed by atoms with Gasteiger partial charge in [0.1, 0.15) is 5.82 Å². The fraction of sp³-hybridized carbons (Fsp3) is 0.185. The molecular weight excluding hydrogens is 454 g/mol. The highest BCUT2D eigenvalue weighted by Crippen LogP contribution is 2.33. The van der Waals surface area contributed by atoms with Crippen molar-refractivity contribution < 1.29 is 9.53 Å². The summed E-state index contributed by atoms with van der Waals surface area (Å²) in [5.41, 5.74) is 4.09. The highest BCUT2D eigenvalue weighted by molar-refractivity contribution is 6.04. The van der Waals surface area contributed by atoms with E-state index in [9.17, 15) is 4.79 Å². The van der Waals surface area contributed by atoms with Gasteiger partial charge in [0.05, 0.1) is 25.5 Å². The van der Waals surface area contributed by atoms with E-state index in [0.717, 1.165) is 40.2 Å². The lowest BCUT2D eigenvalue weighted by Gasteiger charge is -2.34. The molecule has 4 heterocycles. The van der Waals surface area contributed by atoms with E-state index in [2.05, 4.69) is 38.5 Å². The third kappa shape index (κ3) is 4.09. The zero-order valence-corrected chi connectivity index (χ0v) is 19.8. The Hall–Kier alpha value is -4.50. The van der Waals surface area contributed by atoms with Gasteiger partial charge in [-0.25, -0.2) is 4.98 Å². The van der Waals surface area contributed by atoms with E-state index in [1.165, 1.54) is 0 Å². The number of carbonyl (C=O) groups excluding carboxylic acids is 1. The molecule has 1 atom stereocenters. The van der Waals surface area contributed by atoms with E-state index in [-0.39, 0.29) is 11.9 Å². The van der Waals surface area contributed by atoms with Crippen LogP contribution in [0.4, 0.5) is 11.5 Å². The van der Waals surface area contributed by atoms with Crippen LogP contribution in [0.15, 0.2) is 79.1 Å². The maximum atomic E-state index is 12.6. The van der Waals surface area contributed by atoms with E-state index in [1.54, 1.807) is 23.0 Å². The Labute approximate surface area is 207 Å². The summed E-state index contributed by atoms with van der Waals surface area (Å²) in [6.07, 6.45) is 3.59. The van der Waals surface area contributed by atoms with Crippen molar-refractivity contribution in [2.75, 3.05) is 30.0 Å². The normalized spacial score (nSPS) is 15.8. The zero-order chi connectivity index (χ0) is 24.5. The average Bonchev–Trinajstić information content (AvgIpc) is 3.59. The summed E-state index contributed by atoms with van der Waals surface area (Å²) in [5.74, 6) is 1.40. The SMILES string of the molecule is C[C@@H]1COCCN1c1cc(-c2ccc(NC(=O)c3ccccc3)cc2)c2cnn(-c3cc[nH]n3)c2n1. The molecular formula is C27H25N7O2. The van der Waals surface area contributed by atoms with E-state index >= 15 is 0 Å². The van der Waals surface area contributed by atoms with Crippen LogP contribution in [-0.4, -0.2) is 56.7 Å². The molecule has 36 heavy (non-hydrogen) atoms. The number of rotatable bonds is 5. The number of H-pyrrole nitrogens is 1. The van der Waals surface area contributed by atoms with E-state index in [4.69, 9.17) is 9.72 Å². The number of hydrogen-bond donors (Lipinski definition) is 2. The van der Waals surface area contributed by atoms with Crippen LogP contribution in [0.25, 0.3) is 28.0 Å². The van der Waals surface area contributed by atoms with Crippen molar-refractivity contribution in [2.45, 2.75) is 13.0 Å². The first-order valence-electron chi connectivity index (χ1n) is 11.9. The molecule has 1 aliphatic heterocycles. The molecule has 3 aromatic heterocycles. The zero-order valence-electron chi connectivity index (χ0n) is 19.8. The number of pyridine rings is 1. The number of aromatic amines is 1. The second-order valence-corrected chi connectivity index (χ2v) is 8.77. The molecule has 1 saturated heterocycles. The molecule has 0 radical (unpaired) electrons. The van der Waals surface area contributed by atoms with Crippen molar-refractivity contribution >= 4 is 28.4 Å². The van der Waals surface area contributed by atoms with Gasteiger partial charge in [0.15, 0.2) is 11.5 Å².